The van der Waals surface area contributed by atoms with Gasteiger partial charge in [-0.15, -0.1) is 0 Å². The van der Waals surface area contributed by atoms with Crippen molar-refractivity contribution in [1.82, 2.24) is 0 Å². The number of hydrogen-bond donors (Lipinski definition) is 0. The lowest BCUT2D eigenvalue weighted by molar-refractivity contribution is -0.134. The largest absolute Gasteiger partial charge is 0.466 e. The Labute approximate surface area is 87.3 Å². The van der Waals surface area contributed by atoms with Crippen molar-refractivity contribution >= 4 is 5.97 Å². The molecule has 1 radical (unpaired) electrons. The molecule has 0 N–H and O–H groups in total. The predicted octanol–water partition coefficient (Wildman–Crippen LogP) is 3.28. The number of rotatable bonds is 8. The summed E-state index contributed by atoms with van der Waals surface area (Å²) in [5, 5.41) is 0. The number of unbranched alkanes of at least 4 members (excludes halogenated alkanes) is 6. The zero-order valence-corrected chi connectivity index (χ0v) is 9.13. The summed E-state index contributed by atoms with van der Waals surface area (Å²) in [6.45, 7) is 3.80. The second-order valence-electron chi connectivity index (χ2n) is 3.34. The average molecular weight is 197 g/mol. The van der Waals surface area contributed by atoms with Crippen molar-refractivity contribution in [2.24, 2.45) is 0 Å². The molecule has 0 aromatic carbocycles. The summed E-state index contributed by atoms with van der Waals surface area (Å²) in [5.41, 5.74) is 0. The summed E-state index contributed by atoms with van der Waals surface area (Å²) in [7, 11) is 1.39. The van der Waals surface area contributed by atoms with Gasteiger partial charge in [0, 0.05) is 6.08 Å². The number of hydrogen-bond acceptors (Lipinski definition) is 2. The van der Waals surface area contributed by atoms with Crippen LogP contribution in [0.15, 0.2) is 12.2 Å². The van der Waals surface area contributed by atoms with Gasteiger partial charge in [-0.2, -0.15) is 0 Å². The summed E-state index contributed by atoms with van der Waals surface area (Å²) in [4.78, 5) is 10.7. The molecule has 0 rings (SSSR count). The molecule has 0 aliphatic heterocycles. The van der Waals surface area contributed by atoms with Crippen LogP contribution in [0.1, 0.15) is 44.9 Å². The molecule has 2 nitrogen and oxygen atoms in total. The predicted molar refractivity (Wildman–Crippen MR) is 58.8 cm³/mol. The van der Waals surface area contributed by atoms with Crippen LogP contribution in [-0.4, -0.2) is 13.1 Å². The molecule has 0 heterocycles. The maximum atomic E-state index is 10.7. The zero-order valence-electron chi connectivity index (χ0n) is 9.13. The van der Waals surface area contributed by atoms with Gasteiger partial charge in [0.2, 0.25) is 0 Å². The minimum atomic E-state index is -0.262. The Morgan fingerprint density at radius 1 is 1.21 bits per heavy atom. The van der Waals surface area contributed by atoms with Gasteiger partial charge in [-0.25, -0.2) is 4.79 Å². The fraction of sp³-hybridized carbons (Fsp3) is 0.667. The van der Waals surface area contributed by atoms with E-state index < -0.39 is 0 Å². The summed E-state index contributed by atoms with van der Waals surface area (Å²) in [6, 6.07) is 0. The molecule has 0 aliphatic rings. The Morgan fingerprint density at radius 3 is 2.50 bits per heavy atom. The van der Waals surface area contributed by atoms with E-state index in [1.165, 1.54) is 38.9 Å². The SMILES string of the molecule is [CH2]CCCCCCC/C=C/C(=O)OC. The normalized spacial score (nSPS) is 10.7. The van der Waals surface area contributed by atoms with E-state index in [4.69, 9.17) is 0 Å². The molecule has 0 bridgehead atoms. The molecular formula is C12H21O2. The van der Waals surface area contributed by atoms with Crippen molar-refractivity contribution in [3.63, 3.8) is 0 Å². The third kappa shape index (κ3) is 9.30. The van der Waals surface area contributed by atoms with E-state index in [-0.39, 0.29) is 5.97 Å². The van der Waals surface area contributed by atoms with Crippen LogP contribution >= 0.6 is 0 Å². The molecular weight excluding hydrogens is 176 g/mol. The standard InChI is InChI=1S/C12H21O2/c1-3-4-5-6-7-8-9-10-11-12(13)14-2/h10-11H,1,3-9H2,2H3/b11-10+. The second-order valence-corrected chi connectivity index (χ2v) is 3.34. The van der Waals surface area contributed by atoms with E-state index in [9.17, 15) is 4.79 Å². The molecule has 0 unspecified atom stereocenters. The molecule has 14 heavy (non-hydrogen) atoms. The van der Waals surface area contributed by atoms with Gasteiger partial charge < -0.3 is 4.74 Å². The van der Waals surface area contributed by atoms with Crippen molar-refractivity contribution in [1.29, 1.82) is 0 Å². The lowest BCUT2D eigenvalue weighted by atomic mass is 10.1. The summed E-state index contributed by atoms with van der Waals surface area (Å²) >= 11 is 0. The van der Waals surface area contributed by atoms with Crippen LogP contribution in [0, 0.1) is 6.92 Å². The number of carbonyl (C=O) groups is 1. The van der Waals surface area contributed by atoms with E-state index in [2.05, 4.69) is 11.7 Å². The first-order valence-corrected chi connectivity index (χ1v) is 5.35. The lowest BCUT2D eigenvalue weighted by Crippen LogP contribution is -1.93. The maximum Gasteiger partial charge on any atom is 0.330 e. The molecule has 0 aromatic heterocycles. The molecule has 81 valence electrons. The van der Waals surface area contributed by atoms with E-state index >= 15 is 0 Å². The van der Waals surface area contributed by atoms with Gasteiger partial charge in [-0.05, 0) is 12.8 Å². The van der Waals surface area contributed by atoms with Crippen LogP contribution in [0.4, 0.5) is 0 Å². The number of ether oxygens (including phenoxy) is 1. The zero-order chi connectivity index (χ0) is 10.6. The number of carbonyl (C=O) groups excluding carboxylic acids is 1. The van der Waals surface area contributed by atoms with Crippen molar-refractivity contribution in [2.75, 3.05) is 7.11 Å². The summed E-state index contributed by atoms with van der Waals surface area (Å²) < 4.78 is 4.48. The lowest BCUT2D eigenvalue weighted by Gasteiger charge is -1.97. The van der Waals surface area contributed by atoms with Crippen LogP contribution in [-0.2, 0) is 9.53 Å². The van der Waals surface area contributed by atoms with Gasteiger partial charge in [0.05, 0.1) is 7.11 Å². The summed E-state index contributed by atoms with van der Waals surface area (Å²) in [6.07, 6.45) is 11.6. The van der Waals surface area contributed by atoms with Crippen molar-refractivity contribution < 1.29 is 9.53 Å². The van der Waals surface area contributed by atoms with Gasteiger partial charge in [0.25, 0.3) is 0 Å². The Hall–Kier alpha value is -0.790. The second kappa shape index (κ2) is 10.3. The van der Waals surface area contributed by atoms with E-state index in [1.807, 2.05) is 6.08 Å². The first-order chi connectivity index (χ1) is 6.81. The van der Waals surface area contributed by atoms with Crippen LogP contribution in [0.25, 0.3) is 0 Å². The quantitative estimate of drug-likeness (QED) is 0.339. The van der Waals surface area contributed by atoms with Crippen molar-refractivity contribution in [3.8, 4) is 0 Å². The molecule has 0 aromatic rings. The molecule has 0 aliphatic carbocycles. The van der Waals surface area contributed by atoms with Crippen LogP contribution < -0.4 is 0 Å². The topological polar surface area (TPSA) is 26.3 Å². The highest BCUT2D eigenvalue weighted by Crippen LogP contribution is 2.06. The Balaban J connectivity index is 3.13. The third-order valence-corrected chi connectivity index (χ3v) is 2.08. The Kier molecular flexibility index (Phi) is 9.71. The highest BCUT2D eigenvalue weighted by atomic mass is 16.5. The van der Waals surface area contributed by atoms with Gasteiger partial charge in [-0.1, -0.05) is 45.1 Å². The van der Waals surface area contributed by atoms with Crippen molar-refractivity contribution in [3.05, 3.63) is 19.1 Å². The average Bonchev–Trinajstić information content (AvgIpc) is 2.21. The molecule has 0 fully saturated rings. The maximum absolute atomic E-state index is 10.7. The number of esters is 1. The smallest absolute Gasteiger partial charge is 0.330 e. The van der Waals surface area contributed by atoms with E-state index in [1.54, 1.807) is 0 Å². The Morgan fingerprint density at radius 2 is 1.86 bits per heavy atom. The molecule has 2 heteroatoms. The molecule has 0 spiro atoms. The fourth-order valence-corrected chi connectivity index (χ4v) is 1.22. The highest BCUT2D eigenvalue weighted by Gasteiger charge is 1.90. The molecule has 0 amide bonds. The van der Waals surface area contributed by atoms with Crippen molar-refractivity contribution in [2.45, 2.75) is 44.9 Å². The van der Waals surface area contributed by atoms with E-state index in [0.29, 0.717) is 0 Å². The van der Waals surface area contributed by atoms with E-state index in [0.717, 1.165) is 19.3 Å². The number of methoxy groups -OCH3 is 1. The molecule has 0 atom stereocenters. The highest BCUT2D eigenvalue weighted by molar-refractivity contribution is 5.81. The molecule has 0 saturated carbocycles. The third-order valence-electron chi connectivity index (χ3n) is 2.08. The Bertz CT molecular complexity index is 162. The fourth-order valence-electron chi connectivity index (χ4n) is 1.22. The minimum absolute atomic E-state index is 0.262. The van der Waals surface area contributed by atoms with Crippen LogP contribution in [0.2, 0.25) is 0 Å². The van der Waals surface area contributed by atoms with Crippen LogP contribution in [0.3, 0.4) is 0 Å². The van der Waals surface area contributed by atoms with Gasteiger partial charge in [0.1, 0.15) is 0 Å². The monoisotopic (exact) mass is 197 g/mol. The van der Waals surface area contributed by atoms with Gasteiger partial charge in [-0.3, -0.25) is 0 Å². The summed E-state index contributed by atoms with van der Waals surface area (Å²) in [5.74, 6) is -0.262. The first-order valence-electron chi connectivity index (χ1n) is 5.35. The van der Waals surface area contributed by atoms with Gasteiger partial charge in [0.15, 0.2) is 0 Å². The first kappa shape index (κ1) is 13.2. The molecule has 0 saturated heterocycles. The minimum Gasteiger partial charge on any atom is -0.466 e. The van der Waals surface area contributed by atoms with Crippen LogP contribution in [0.5, 0.6) is 0 Å². The van der Waals surface area contributed by atoms with Gasteiger partial charge >= 0.3 is 5.97 Å². The number of allylic oxidation sites excluding steroid dienone is 1.